The fraction of sp³-hybridized carbons (Fsp3) is 0.333. The Hall–Kier alpha value is -2.07. The average molecular weight is 333 g/mol. The summed E-state index contributed by atoms with van der Waals surface area (Å²) in [6, 6.07) is 7.44. The van der Waals surface area contributed by atoms with E-state index < -0.39 is 0 Å². The highest BCUT2D eigenvalue weighted by Gasteiger charge is 2.14. The number of aryl methyl sites for hydroxylation is 1. The first-order valence-corrected chi connectivity index (χ1v) is 8.00. The van der Waals surface area contributed by atoms with E-state index in [0.29, 0.717) is 42.6 Å². The minimum atomic E-state index is 0.0768. The van der Waals surface area contributed by atoms with E-state index in [-0.39, 0.29) is 5.91 Å². The van der Waals surface area contributed by atoms with Crippen LogP contribution in [0.5, 0.6) is 0 Å². The molecule has 4 nitrogen and oxygen atoms in total. The van der Waals surface area contributed by atoms with Gasteiger partial charge in [0.2, 0.25) is 5.91 Å². The second kappa shape index (κ2) is 7.97. The van der Waals surface area contributed by atoms with E-state index in [1.807, 2.05) is 32.0 Å². The molecule has 5 heteroatoms. The number of hydrogen-bond donors (Lipinski definition) is 0. The first kappa shape index (κ1) is 17.3. The molecule has 0 aliphatic heterocycles. The molecule has 0 saturated carbocycles. The fourth-order valence-electron chi connectivity index (χ4n) is 2.29. The van der Waals surface area contributed by atoms with E-state index in [1.165, 1.54) is 0 Å². The van der Waals surface area contributed by atoms with E-state index in [9.17, 15) is 4.79 Å². The van der Waals surface area contributed by atoms with Crippen molar-refractivity contribution in [3.8, 4) is 11.3 Å². The fourth-order valence-corrected chi connectivity index (χ4v) is 2.51. The lowest BCUT2D eigenvalue weighted by atomic mass is 10.2. The molecule has 0 aliphatic carbocycles. The van der Waals surface area contributed by atoms with Crippen LogP contribution >= 0.6 is 11.6 Å². The van der Waals surface area contributed by atoms with Gasteiger partial charge in [0.05, 0.1) is 11.2 Å². The molecule has 1 amide bonds. The molecule has 0 fully saturated rings. The lowest BCUT2D eigenvalue weighted by Crippen LogP contribution is -2.32. The van der Waals surface area contributed by atoms with Gasteiger partial charge < -0.3 is 9.32 Å². The minimum absolute atomic E-state index is 0.0768. The SMILES string of the molecule is C=C(C)CN(CC)C(=O)CCc1ncc(-c2ccccc2Cl)o1. The molecule has 1 aromatic heterocycles. The van der Waals surface area contributed by atoms with Gasteiger partial charge in [0.1, 0.15) is 0 Å². The standard InChI is InChI=1S/C18H21ClN2O2/c1-4-21(12-13(2)3)18(22)10-9-17-20-11-16(23-17)14-7-5-6-8-15(14)19/h5-8,11H,2,4,9-10,12H2,1,3H3. The zero-order chi connectivity index (χ0) is 16.8. The van der Waals surface area contributed by atoms with Gasteiger partial charge in [-0.25, -0.2) is 4.98 Å². The van der Waals surface area contributed by atoms with Crippen molar-refractivity contribution >= 4 is 17.5 Å². The number of halogens is 1. The molecule has 23 heavy (non-hydrogen) atoms. The summed E-state index contributed by atoms with van der Waals surface area (Å²) >= 11 is 6.15. The van der Waals surface area contributed by atoms with Crippen molar-refractivity contribution in [1.82, 2.24) is 9.88 Å². The largest absolute Gasteiger partial charge is 0.441 e. The third-order valence-corrected chi connectivity index (χ3v) is 3.77. The molecule has 0 unspecified atom stereocenters. The molecule has 0 aliphatic rings. The van der Waals surface area contributed by atoms with Crippen LogP contribution in [0.3, 0.4) is 0 Å². The van der Waals surface area contributed by atoms with E-state index in [0.717, 1.165) is 11.1 Å². The highest BCUT2D eigenvalue weighted by Crippen LogP contribution is 2.28. The van der Waals surface area contributed by atoms with Crippen molar-refractivity contribution in [2.45, 2.75) is 26.7 Å². The molecule has 2 rings (SSSR count). The summed E-state index contributed by atoms with van der Waals surface area (Å²) in [5, 5.41) is 0.616. The van der Waals surface area contributed by atoms with Gasteiger partial charge in [-0.05, 0) is 26.0 Å². The van der Waals surface area contributed by atoms with Gasteiger partial charge in [0.25, 0.3) is 0 Å². The third-order valence-electron chi connectivity index (χ3n) is 3.44. The first-order valence-electron chi connectivity index (χ1n) is 7.63. The Kier molecular flexibility index (Phi) is 5.99. The number of likely N-dealkylation sites (N-methyl/N-ethyl adjacent to an activating group) is 1. The maximum Gasteiger partial charge on any atom is 0.223 e. The average Bonchev–Trinajstić information content (AvgIpc) is 2.99. The quantitative estimate of drug-likeness (QED) is 0.708. The summed E-state index contributed by atoms with van der Waals surface area (Å²) < 4.78 is 5.71. The monoisotopic (exact) mass is 332 g/mol. The van der Waals surface area contributed by atoms with Gasteiger partial charge in [0.15, 0.2) is 11.7 Å². The minimum Gasteiger partial charge on any atom is -0.441 e. The summed E-state index contributed by atoms with van der Waals surface area (Å²) in [5.41, 5.74) is 1.77. The first-order chi connectivity index (χ1) is 11.0. The number of amides is 1. The molecule has 2 aromatic rings. The molecule has 0 radical (unpaired) electrons. The molecule has 1 aromatic carbocycles. The van der Waals surface area contributed by atoms with E-state index in [1.54, 1.807) is 17.2 Å². The van der Waals surface area contributed by atoms with Gasteiger partial charge >= 0.3 is 0 Å². The maximum atomic E-state index is 12.2. The van der Waals surface area contributed by atoms with Crippen LogP contribution in [-0.4, -0.2) is 28.9 Å². The van der Waals surface area contributed by atoms with Gasteiger partial charge in [-0.15, -0.1) is 0 Å². The zero-order valence-electron chi connectivity index (χ0n) is 13.5. The van der Waals surface area contributed by atoms with Crippen molar-refractivity contribution in [3.05, 3.63) is 53.5 Å². The summed E-state index contributed by atoms with van der Waals surface area (Å²) in [5.74, 6) is 1.24. The van der Waals surface area contributed by atoms with Gasteiger partial charge in [-0.2, -0.15) is 0 Å². The Morgan fingerprint density at radius 2 is 2.13 bits per heavy atom. The zero-order valence-corrected chi connectivity index (χ0v) is 14.3. The van der Waals surface area contributed by atoms with Crippen molar-refractivity contribution in [1.29, 1.82) is 0 Å². The lowest BCUT2D eigenvalue weighted by Gasteiger charge is -2.20. The highest BCUT2D eigenvalue weighted by atomic mass is 35.5. The van der Waals surface area contributed by atoms with Crippen LogP contribution in [0.4, 0.5) is 0 Å². The number of carbonyl (C=O) groups excluding carboxylic acids is 1. The normalized spacial score (nSPS) is 10.6. The summed E-state index contributed by atoms with van der Waals surface area (Å²) in [6.07, 6.45) is 2.48. The molecular formula is C18H21ClN2O2. The van der Waals surface area contributed by atoms with Crippen LogP contribution in [0.25, 0.3) is 11.3 Å². The van der Waals surface area contributed by atoms with E-state index >= 15 is 0 Å². The molecule has 122 valence electrons. The van der Waals surface area contributed by atoms with Crippen LogP contribution in [0.1, 0.15) is 26.2 Å². The molecule has 0 N–H and O–H groups in total. The molecule has 0 atom stereocenters. The predicted molar refractivity (Wildman–Crippen MR) is 92.3 cm³/mol. The topological polar surface area (TPSA) is 46.3 Å². The van der Waals surface area contributed by atoms with Crippen molar-refractivity contribution in [3.63, 3.8) is 0 Å². The second-order valence-corrected chi connectivity index (χ2v) is 5.87. The Morgan fingerprint density at radius 3 is 2.78 bits per heavy atom. The Bertz CT molecular complexity index is 694. The van der Waals surface area contributed by atoms with Gasteiger partial charge in [-0.3, -0.25) is 4.79 Å². The number of nitrogens with zero attached hydrogens (tertiary/aromatic N) is 2. The maximum absolute atomic E-state index is 12.2. The van der Waals surface area contributed by atoms with Crippen molar-refractivity contribution in [2.75, 3.05) is 13.1 Å². The van der Waals surface area contributed by atoms with Crippen LogP contribution in [0, 0.1) is 0 Å². The number of rotatable bonds is 7. The highest BCUT2D eigenvalue weighted by molar-refractivity contribution is 6.33. The van der Waals surface area contributed by atoms with Crippen molar-refractivity contribution in [2.24, 2.45) is 0 Å². The number of carbonyl (C=O) groups is 1. The molecule has 1 heterocycles. The number of oxazole rings is 1. The summed E-state index contributed by atoms with van der Waals surface area (Å²) in [6.45, 7) is 8.99. The van der Waals surface area contributed by atoms with Crippen LogP contribution < -0.4 is 0 Å². The molecular weight excluding hydrogens is 312 g/mol. The van der Waals surface area contributed by atoms with Gasteiger partial charge in [0, 0.05) is 31.5 Å². The Labute approximate surface area is 141 Å². The van der Waals surface area contributed by atoms with E-state index in [2.05, 4.69) is 11.6 Å². The summed E-state index contributed by atoms with van der Waals surface area (Å²) in [4.78, 5) is 18.2. The number of hydrogen-bond acceptors (Lipinski definition) is 3. The van der Waals surface area contributed by atoms with Gasteiger partial charge in [-0.1, -0.05) is 35.9 Å². The molecule has 0 saturated heterocycles. The third kappa shape index (κ3) is 4.70. The predicted octanol–water partition coefficient (Wildman–Crippen LogP) is 4.35. The molecule has 0 bridgehead atoms. The van der Waals surface area contributed by atoms with Crippen molar-refractivity contribution < 1.29 is 9.21 Å². The van der Waals surface area contributed by atoms with E-state index in [4.69, 9.17) is 16.0 Å². The lowest BCUT2D eigenvalue weighted by molar-refractivity contribution is -0.130. The smallest absolute Gasteiger partial charge is 0.223 e. The number of benzene rings is 1. The Morgan fingerprint density at radius 1 is 1.39 bits per heavy atom. The Balaban J connectivity index is 1.98. The van der Waals surface area contributed by atoms with Crippen LogP contribution in [0.15, 0.2) is 47.0 Å². The second-order valence-electron chi connectivity index (χ2n) is 5.46. The number of aromatic nitrogens is 1. The molecule has 0 spiro atoms. The van der Waals surface area contributed by atoms with Crippen LogP contribution in [0.2, 0.25) is 5.02 Å². The van der Waals surface area contributed by atoms with Crippen LogP contribution in [-0.2, 0) is 11.2 Å². The summed E-state index contributed by atoms with van der Waals surface area (Å²) in [7, 11) is 0.